The number of benzene rings is 1. The van der Waals surface area contributed by atoms with Gasteiger partial charge in [-0.3, -0.25) is 0 Å². The standard InChI is InChI=1S/C19H25IO6/c1-13-6-7-19(25-8-9-26-19)10-16(13)23-11-14-4-5-15(22-3)18(17(14)20)24-12-21-2/h4-5,16H,1,6-12H2,2-3H3/t16-/m1/s1. The van der Waals surface area contributed by atoms with Gasteiger partial charge < -0.3 is 28.4 Å². The van der Waals surface area contributed by atoms with E-state index in [9.17, 15) is 0 Å². The molecule has 1 aliphatic heterocycles. The normalized spacial score (nSPS) is 22.0. The van der Waals surface area contributed by atoms with E-state index in [4.69, 9.17) is 28.4 Å². The highest BCUT2D eigenvalue weighted by Gasteiger charge is 2.43. The summed E-state index contributed by atoms with van der Waals surface area (Å²) in [5.74, 6) is 0.840. The van der Waals surface area contributed by atoms with Crippen LogP contribution in [0.1, 0.15) is 24.8 Å². The van der Waals surface area contributed by atoms with Crippen LogP contribution >= 0.6 is 22.6 Å². The third-order valence-electron chi connectivity index (χ3n) is 4.71. The number of halogens is 1. The molecule has 26 heavy (non-hydrogen) atoms. The molecule has 1 aliphatic carbocycles. The number of hydrogen-bond donors (Lipinski definition) is 0. The van der Waals surface area contributed by atoms with Crippen LogP contribution in [0.2, 0.25) is 0 Å². The Morgan fingerprint density at radius 3 is 2.73 bits per heavy atom. The molecule has 1 aromatic carbocycles. The van der Waals surface area contributed by atoms with Crippen molar-refractivity contribution < 1.29 is 28.4 Å². The molecule has 144 valence electrons. The van der Waals surface area contributed by atoms with Crippen LogP contribution in [0.15, 0.2) is 24.3 Å². The van der Waals surface area contributed by atoms with Gasteiger partial charge >= 0.3 is 0 Å². The Bertz CT molecular complexity index is 641. The minimum Gasteiger partial charge on any atom is -0.493 e. The van der Waals surface area contributed by atoms with E-state index < -0.39 is 5.79 Å². The largest absolute Gasteiger partial charge is 0.493 e. The first-order valence-corrected chi connectivity index (χ1v) is 9.71. The van der Waals surface area contributed by atoms with Crippen molar-refractivity contribution in [2.24, 2.45) is 0 Å². The zero-order valence-electron chi connectivity index (χ0n) is 15.2. The minimum atomic E-state index is -0.494. The highest BCUT2D eigenvalue weighted by atomic mass is 127. The van der Waals surface area contributed by atoms with Gasteiger partial charge in [-0.1, -0.05) is 12.6 Å². The van der Waals surface area contributed by atoms with Crippen LogP contribution in [-0.2, 0) is 25.6 Å². The van der Waals surface area contributed by atoms with Crippen molar-refractivity contribution in [2.75, 3.05) is 34.2 Å². The molecule has 2 fully saturated rings. The Kier molecular flexibility index (Phi) is 6.79. The van der Waals surface area contributed by atoms with E-state index in [0.29, 0.717) is 37.7 Å². The molecule has 2 aliphatic rings. The zero-order valence-corrected chi connectivity index (χ0v) is 17.4. The molecular formula is C19H25IO6. The van der Waals surface area contributed by atoms with Crippen molar-refractivity contribution in [3.63, 3.8) is 0 Å². The summed E-state index contributed by atoms with van der Waals surface area (Å²) in [4.78, 5) is 0. The second kappa shape index (κ2) is 8.88. The van der Waals surface area contributed by atoms with Crippen LogP contribution in [0, 0.1) is 3.57 Å². The summed E-state index contributed by atoms with van der Waals surface area (Å²) >= 11 is 2.25. The van der Waals surface area contributed by atoms with Gasteiger partial charge in [0, 0.05) is 20.0 Å². The maximum absolute atomic E-state index is 6.19. The van der Waals surface area contributed by atoms with Crippen molar-refractivity contribution in [3.8, 4) is 11.5 Å². The van der Waals surface area contributed by atoms with Gasteiger partial charge in [0.1, 0.15) is 0 Å². The predicted molar refractivity (Wildman–Crippen MR) is 104 cm³/mol. The topological polar surface area (TPSA) is 55.4 Å². The third-order valence-corrected chi connectivity index (χ3v) is 5.90. The Hall–Kier alpha value is -0.870. The average molecular weight is 476 g/mol. The zero-order chi connectivity index (χ0) is 18.6. The lowest BCUT2D eigenvalue weighted by atomic mass is 9.88. The first-order valence-electron chi connectivity index (χ1n) is 8.63. The van der Waals surface area contributed by atoms with Gasteiger partial charge in [-0.2, -0.15) is 0 Å². The molecule has 6 nitrogen and oxygen atoms in total. The van der Waals surface area contributed by atoms with Crippen molar-refractivity contribution in [1.29, 1.82) is 0 Å². The van der Waals surface area contributed by atoms with Gasteiger partial charge in [0.15, 0.2) is 24.1 Å². The summed E-state index contributed by atoms with van der Waals surface area (Å²) in [6, 6.07) is 3.87. The fraction of sp³-hybridized carbons (Fsp3) is 0.579. The quantitative estimate of drug-likeness (QED) is 0.340. The van der Waals surface area contributed by atoms with Crippen molar-refractivity contribution >= 4 is 22.6 Å². The SMILES string of the molecule is C=C1CCC2(C[C@H]1OCc1ccc(OC)c(OCOC)c1I)OCCO2. The second-order valence-electron chi connectivity index (χ2n) is 6.39. The van der Waals surface area contributed by atoms with E-state index in [1.807, 2.05) is 12.1 Å². The smallest absolute Gasteiger partial charge is 0.188 e. The number of methoxy groups -OCH3 is 2. The number of rotatable bonds is 7. The molecule has 1 saturated heterocycles. The van der Waals surface area contributed by atoms with Crippen molar-refractivity contribution in [1.82, 2.24) is 0 Å². The van der Waals surface area contributed by atoms with Gasteiger partial charge in [0.2, 0.25) is 0 Å². The molecule has 1 heterocycles. The molecule has 1 aromatic rings. The van der Waals surface area contributed by atoms with E-state index in [0.717, 1.165) is 27.5 Å². The van der Waals surface area contributed by atoms with Crippen LogP contribution in [0.4, 0.5) is 0 Å². The summed E-state index contributed by atoms with van der Waals surface area (Å²) in [7, 11) is 3.21. The van der Waals surface area contributed by atoms with Gasteiger partial charge in [0.25, 0.3) is 0 Å². The van der Waals surface area contributed by atoms with Gasteiger partial charge in [0.05, 0.1) is 36.6 Å². The van der Waals surface area contributed by atoms with E-state index in [1.54, 1.807) is 14.2 Å². The average Bonchev–Trinajstić information content (AvgIpc) is 3.10. The lowest BCUT2D eigenvalue weighted by molar-refractivity contribution is -0.192. The van der Waals surface area contributed by atoms with Crippen LogP contribution < -0.4 is 9.47 Å². The first kappa shape index (κ1) is 19.9. The van der Waals surface area contributed by atoms with Gasteiger partial charge in [-0.25, -0.2) is 0 Å². The fourth-order valence-corrected chi connectivity index (χ4v) is 4.03. The molecule has 0 bridgehead atoms. The van der Waals surface area contributed by atoms with Crippen molar-refractivity contribution in [3.05, 3.63) is 33.4 Å². The first-order chi connectivity index (χ1) is 12.6. The highest BCUT2D eigenvalue weighted by Crippen LogP contribution is 2.40. The Balaban J connectivity index is 1.69. The molecule has 1 atom stereocenters. The molecule has 0 amide bonds. The molecule has 1 spiro atoms. The van der Waals surface area contributed by atoms with Crippen molar-refractivity contribution in [2.45, 2.75) is 37.8 Å². The molecule has 0 unspecified atom stereocenters. The predicted octanol–water partition coefficient (Wildman–Crippen LogP) is 3.65. The molecule has 0 N–H and O–H groups in total. The molecule has 1 saturated carbocycles. The van der Waals surface area contributed by atoms with Crippen LogP contribution in [0.5, 0.6) is 11.5 Å². The van der Waals surface area contributed by atoms with E-state index in [-0.39, 0.29) is 12.9 Å². The number of ether oxygens (including phenoxy) is 6. The maximum atomic E-state index is 6.19. The van der Waals surface area contributed by atoms with E-state index in [2.05, 4.69) is 29.2 Å². The van der Waals surface area contributed by atoms with Crippen LogP contribution in [-0.4, -0.2) is 46.1 Å². The van der Waals surface area contributed by atoms with Gasteiger partial charge in [-0.15, -0.1) is 0 Å². The maximum Gasteiger partial charge on any atom is 0.188 e. The second-order valence-corrected chi connectivity index (χ2v) is 7.47. The molecular weight excluding hydrogens is 451 g/mol. The summed E-state index contributed by atoms with van der Waals surface area (Å²) in [5, 5.41) is 0. The lowest BCUT2D eigenvalue weighted by Gasteiger charge is -2.37. The summed E-state index contributed by atoms with van der Waals surface area (Å²) < 4.78 is 34.9. The van der Waals surface area contributed by atoms with Crippen LogP contribution in [0.3, 0.4) is 0 Å². The van der Waals surface area contributed by atoms with E-state index in [1.165, 1.54) is 0 Å². The van der Waals surface area contributed by atoms with Crippen LogP contribution in [0.25, 0.3) is 0 Å². The third kappa shape index (κ3) is 4.33. The molecule has 0 radical (unpaired) electrons. The Morgan fingerprint density at radius 2 is 2.04 bits per heavy atom. The fourth-order valence-electron chi connectivity index (χ4n) is 3.27. The summed E-state index contributed by atoms with van der Waals surface area (Å²) in [5.41, 5.74) is 2.12. The lowest BCUT2D eigenvalue weighted by Crippen LogP contribution is -2.40. The highest BCUT2D eigenvalue weighted by molar-refractivity contribution is 14.1. The summed E-state index contributed by atoms with van der Waals surface area (Å²) in [6.45, 7) is 6.08. The minimum absolute atomic E-state index is 0.0805. The summed E-state index contributed by atoms with van der Waals surface area (Å²) in [6.07, 6.45) is 2.31. The Morgan fingerprint density at radius 1 is 1.27 bits per heavy atom. The molecule has 7 heteroatoms. The molecule has 3 rings (SSSR count). The Labute approximate surface area is 167 Å². The van der Waals surface area contributed by atoms with Gasteiger partial charge in [-0.05, 0) is 46.2 Å². The number of hydrogen-bond acceptors (Lipinski definition) is 6. The molecule has 0 aromatic heterocycles. The van der Waals surface area contributed by atoms with E-state index >= 15 is 0 Å². The monoisotopic (exact) mass is 476 g/mol.